The fraction of sp³-hybridized carbons (Fsp3) is 0.643. The van der Waals surface area contributed by atoms with E-state index < -0.39 is 26.0 Å². The van der Waals surface area contributed by atoms with Crippen LogP contribution in [0, 0.1) is 0 Å². The summed E-state index contributed by atoms with van der Waals surface area (Å²) in [6.07, 6.45) is -1.72. The molecule has 2 rings (SSSR count). The molecule has 0 radical (unpaired) electrons. The smallest absolute Gasteiger partial charge is 0.395 e. The molecule has 0 spiro atoms. The highest BCUT2D eigenvalue weighted by molar-refractivity contribution is 7.54. The van der Waals surface area contributed by atoms with E-state index in [9.17, 15) is 14.8 Å². The maximum atomic E-state index is 13.1. The summed E-state index contributed by atoms with van der Waals surface area (Å²) < 4.78 is 27.4. The first-order valence-corrected chi connectivity index (χ1v) is 9.36. The van der Waals surface area contributed by atoms with Gasteiger partial charge in [-0.25, -0.2) is 18.9 Å². The number of pyridine rings is 1. The van der Waals surface area contributed by atoms with Crippen molar-refractivity contribution in [3.8, 4) is 5.88 Å². The minimum Gasteiger partial charge on any atom is -0.403 e. The second-order valence-electron chi connectivity index (χ2n) is 5.95. The predicted octanol–water partition coefficient (Wildman–Crippen LogP) is 1.53. The Bertz CT molecular complexity index is 618. The van der Waals surface area contributed by atoms with E-state index in [2.05, 4.69) is 4.98 Å². The summed E-state index contributed by atoms with van der Waals surface area (Å²) >= 11 is 5.96. The number of hydrogen-bond donors (Lipinski definition) is 2. The van der Waals surface area contributed by atoms with Crippen LogP contribution in [0.15, 0.2) is 12.1 Å². The van der Waals surface area contributed by atoms with Crippen LogP contribution in [0.1, 0.15) is 18.1 Å². The lowest BCUT2D eigenvalue weighted by Crippen LogP contribution is -2.25. The molecule has 1 fully saturated rings. The molecule has 1 aromatic rings. The Morgan fingerprint density at radius 1 is 1.38 bits per heavy atom. The molecule has 0 saturated carbocycles. The standard InChI is InChI=1S/C14H23ClN3O5P/c1-17(2)24(21,18(3)4)23-14-9(5-6-13(15)16-14)11-7-10(20)12(8-19)22-11/h5-6,10-12,19-20H,7-8H2,1-4H3/t10-,11+,12+/m0/s1. The fourth-order valence-electron chi connectivity index (χ4n) is 2.47. The van der Waals surface area contributed by atoms with Crippen molar-refractivity contribution in [3.63, 3.8) is 0 Å². The molecule has 0 unspecified atom stereocenters. The van der Waals surface area contributed by atoms with Crippen LogP contribution >= 0.6 is 19.3 Å². The fourth-order valence-corrected chi connectivity index (χ4v) is 4.03. The summed E-state index contributed by atoms with van der Waals surface area (Å²) in [6.45, 7) is -0.289. The van der Waals surface area contributed by atoms with E-state index in [4.69, 9.17) is 20.9 Å². The van der Waals surface area contributed by atoms with Crippen molar-refractivity contribution in [2.45, 2.75) is 24.7 Å². The van der Waals surface area contributed by atoms with Crippen LogP contribution in [0.5, 0.6) is 5.88 Å². The maximum Gasteiger partial charge on any atom is 0.395 e. The highest BCUT2D eigenvalue weighted by atomic mass is 35.5. The zero-order valence-electron chi connectivity index (χ0n) is 14.1. The number of rotatable bonds is 6. The number of aliphatic hydroxyl groups is 2. The third-order valence-corrected chi connectivity index (χ3v) is 6.47. The van der Waals surface area contributed by atoms with Crippen LogP contribution in [0.25, 0.3) is 0 Å². The first-order valence-electron chi connectivity index (χ1n) is 7.45. The van der Waals surface area contributed by atoms with E-state index in [1.165, 1.54) is 9.34 Å². The Hall–Kier alpha value is -0.730. The molecule has 1 aromatic heterocycles. The van der Waals surface area contributed by atoms with Gasteiger partial charge in [0.25, 0.3) is 0 Å². The zero-order valence-corrected chi connectivity index (χ0v) is 15.7. The van der Waals surface area contributed by atoms with E-state index in [0.717, 1.165) is 0 Å². The second-order valence-corrected chi connectivity index (χ2v) is 9.10. The number of ether oxygens (including phenoxy) is 1. The highest BCUT2D eigenvalue weighted by Gasteiger charge is 2.38. The molecule has 0 aliphatic carbocycles. The largest absolute Gasteiger partial charge is 0.403 e. The molecule has 0 bridgehead atoms. The van der Waals surface area contributed by atoms with Crippen LogP contribution < -0.4 is 4.52 Å². The molecule has 10 heteroatoms. The molecule has 2 N–H and O–H groups in total. The average Bonchev–Trinajstić information content (AvgIpc) is 2.87. The Morgan fingerprint density at radius 3 is 2.50 bits per heavy atom. The van der Waals surface area contributed by atoms with Crippen LogP contribution in [0.2, 0.25) is 5.15 Å². The number of halogens is 1. The monoisotopic (exact) mass is 379 g/mol. The summed E-state index contributed by atoms with van der Waals surface area (Å²) in [5.41, 5.74) is 0.526. The molecule has 8 nitrogen and oxygen atoms in total. The molecular weight excluding hydrogens is 357 g/mol. The number of hydrogen-bond acceptors (Lipinski definition) is 6. The SMILES string of the molecule is CN(C)P(=O)(Oc1nc(Cl)ccc1[C@H]1C[C@H](O)[C@@H](CO)O1)N(C)C. The Morgan fingerprint density at radius 2 is 2.00 bits per heavy atom. The normalized spacial score (nSPS) is 24.8. The van der Waals surface area contributed by atoms with Gasteiger partial charge >= 0.3 is 7.67 Å². The molecule has 1 aliphatic heterocycles. The Balaban J connectivity index is 2.37. The number of nitrogens with zero attached hydrogens (tertiary/aromatic N) is 3. The molecule has 24 heavy (non-hydrogen) atoms. The lowest BCUT2D eigenvalue weighted by Gasteiger charge is -2.30. The van der Waals surface area contributed by atoms with E-state index in [0.29, 0.717) is 5.56 Å². The van der Waals surface area contributed by atoms with Crippen LogP contribution in [0.3, 0.4) is 0 Å². The molecule has 1 saturated heterocycles. The summed E-state index contributed by atoms with van der Waals surface area (Å²) in [6, 6.07) is 3.24. The molecule has 136 valence electrons. The topological polar surface area (TPSA) is 95.4 Å². The zero-order chi connectivity index (χ0) is 18.1. The van der Waals surface area contributed by atoms with E-state index in [1.54, 1.807) is 40.3 Å². The van der Waals surface area contributed by atoms with E-state index in [-0.39, 0.29) is 24.1 Å². The average molecular weight is 380 g/mol. The van der Waals surface area contributed by atoms with Gasteiger partial charge < -0.3 is 19.5 Å². The molecule has 2 heterocycles. The number of aliphatic hydroxyl groups excluding tert-OH is 2. The third-order valence-electron chi connectivity index (χ3n) is 3.82. The second kappa shape index (κ2) is 7.66. The van der Waals surface area contributed by atoms with Crippen molar-refractivity contribution in [1.82, 2.24) is 14.3 Å². The van der Waals surface area contributed by atoms with Gasteiger partial charge in [0.1, 0.15) is 11.3 Å². The van der Waals surface area contributed by atoms with Gasteiger partial charge in [-0.05, 0) is 40.3 Å². The predicted molar refractivity (Wildman–Crippen MR) is 90.2 cm³/mol. The quantitative estimate of drug-likeness (QED) is 0.567. The maximum absolute atomic E-state index is 13.1. The van der Waals surface area contributed by atoms with Gasteiger partial charge in [-0.15, -0.1) is 0 Å². The van der Waals surface area contributed by atoms with Crippen molar-refractivity contribution < 1.29 is 24.0 Å². The van der Waals surface area contributed by atoms with Crippen LogP contribution in [-0.4, -0.2) is 71.5 Å². The summed E-state index contributed by atoms with van der Waals surface area (Å²) in [7, 11) is 3.23. The lowest BCUT2D eigenvalue weighted by atomic mass is 10.1. The van der Waals surface area contributed by atoms with Crippen molar-refractivity contribution in [1.29, 1.82) is 0 Å². The minimum absolute atomic E-state index is 0.0871. The van der Waals surface area contributed by atoms with Gasteiger partial charge in [-0.2, -0.15) is 0 Å². The van der Waals surface area contributed by atoms with Gasteiger partial charge in [0.05, 0.1) is 18.8 Å². The number of aromatic nitrogens is 1. The molecular formula is C14H23ClN3O5P. The lowest BCUT2D eigenvalue weighted by molar-refractivity contribution is -0.0230. The van der Waals surface area contributed by atoms with Gasteiger partial charge in [-0.1, -0.05) is 11.6 Å². The summed E-state index contributed by atoms with van der Waals surface area (Å²) in [5, 5.41) is 19.4. The minimum atomic E-state index is -3.33. The van der Waals surface area contributed by atoms with Crippen molar-refractivity contribution in [2.75, 3.05) is 34.8 Å². The van der Waals surface area contributed by atoms with Crippen molar-refractivity contribution >= 4 is 19.3 Å². The molecule has 0 amide bonds. The van der Waals surface area contributed by atoms with Gasteiger partial charge in [0, 0.05) is 12.0 Å². The van der Waals surface area contributed by atoms with Crippen LogP contribution in [-0.2, 0) is 9.30 Å². The first kappa shape index (κ1) is 19.6. The first-order chi connectivity index (χ1) is 11.2. The molecule has 3 atom stereocenters. The van der Waals surface area contributed by atoms with Crippen molar-refractivity contribution in [2.24, 2.45) is 0 Å². The van der Waals surface area contributed by atoms with E-state index >= 15 is 0 Å². The Labute approximate surface area is 146 Å². The van der Waals surface area contributed by atoms with Gasteiger partial charge in [-0.3, -0.25) is 0 Å². The van der Waals surface area contributed by atoms with Gasteiger partial charge in [0.15, 0.2) is 0 Å². The molecule has 1 aliphatic rings. The Kier molecular flexibility index (Phi) is 6.25. The summed E-state index contributed by atoms with van der Waals surface area (Å²) in [4.78, 5) is 4.14. The summed E-state index contributed by atoms with van der Waals surface area (Å²) in [5.74, 6) is 0.0871. The van der Waals surface area contributed by atoms with Gasteiger partial charge in [0.2, 0.25) is 5.88 Å². The van der Waals surface area contributed by atoms with Crippen LogP contribution in [0.4, 0.5) is 0 Å². The van der Waals surface area contributed by atoms with E-state index in [1.807, 2.05) is 0 Å². The highest BCUT2D eigenvalue weighted by Crippen LogP contribution is 2.52. The third kappa shape index (κ3) is 3.91. The molecule has 0 aromatic carbocycles. The van der Waals surface area contributed by atoms with Crippen molar-refractivity contribution in [3.05, 3.63) is 22.8 Å².